The molecule has 0 amide bonds. The lowest BCUT2D eigenvalue weighted by molar-refractivity contribution is 0.247. The summed E-state index contributed by atoms with van der Waals surface area (Å²) in [4.78, 5) is 1.98. The van der Waals surface area contributed by atoms with Gasteiger partial charge in [0.15, 0.2) is 0 Å². The molecule has 1 aliphatic rings. The molecular weight excluding hydrogens is 335 g/mol. The summed E-state index contributed by atoms with van der Waals surface area (Å²) in [7, 11) is -3.85. The van der Waals surface area contributed by atoms with E-state index >= 15 is 0 Å². The predicted molar refractivity (Wildman–Crippen MR) is 89.5 cm³/mol. The van der Waals surface area contributed by atoms with E-state index in [0.29, 0.717) is 0 Å². The maximum absolute atomic E-state index is 13.8. The Bertz CT molecular complexity index is 741. The van der Waals surface area contributed by atoms with Crippen molar-refractivity contribution in [3.05, 3.63) is 52.5 Å². The number of benzene rings is 1. The molecule has 1 aromatic carbocycles. The van der Waals surface area contributed by atoms with Gasteiger partial charge in [-0.2, -0.15) is 11.3 Å². The monoisotopic (exact) mass is 354 g/mol. The molecule has 0 saturated carbocycles. The minimum atomic E-state index is -3.85. The molecule has 0 spiro atoms. The molecule has 4 nitrogen and oxygen atoms in total. The summed E-state index contributed by atoms with van der Waals surface area (Å²) in [5.74, 6) is -0.728. The highest BCUT2D eigenvalue weighted by molar-refractivity contribution is 7.89. The van der Waals surface area contributed by atoms with Crippen LogP contribution in [-0.4, -0.2) is 33.0 Å². The summed E-state index contributed by atoms with van der Waals surface area (Å²) in [5.41, 5.74) is 1.10. The molecule has 1 aliphatic heterocycles. The van der Waals surface area contributed by atoms with Gasteiger partial charge in [0, 0.05) is 12.6 Å². The lowest BCUT2D eigenvalue weighted by atomic mass is 10.1. The normalized spacial score (nSPS) is 17.4. The molecule has 0 aliphatic carbocycles. The zero-order valence-electron chi connectivity index (χ0n) is 12.6. The average molecular weight is 354 g/mol. The van der Waals surface area contributed by atoms with E-state index in [1.807, 2.05) is 16.8 Å². The van der Waals surface area contributed by atoms with Crippen LogP contribution in [0, 0.1) is 5.82 Å². The number of nitrogens with one attached hydrogen (secondary N) is 1. The molecule has 1 fully saturated rings. The van der Waals surface area contributed by atoms with Crippen LogP contribution in [0.5, 0.6) is 0 Å². The van der Waals surface area contributed by atoms with Gasteiger partial charge in [-0.3, -0.25) is 4.90 Å². The van der Waals surface area contributed by atoms with E-state index in [2.05, 4.69) is 9.62 Å². The summed E-state index contributed by atoms with van der Waals surface area (Å²) in [5, 5.41) is 4.03. The van der Waals surface area contributed by atoms with E-state index in [4.69, 9.17) is 0 Å². The largest absolute Gasteiger partial charge is 0.295 e. The Kier molecular flexibility index (Phi) is 5.11. The van der Waals surface area contributed by atoms with Crippen molar-refractivity contribution in [1.29, 1.82) is 0 Å². The fourth-order valence-electron chi connectivity index (χ4n) is 2.90. The Morgan fingerprint density at radius 2 is 1.96 bits per heavy atom. The maximum atomic E-state index is 13.8. The predicted octanol–water partition coefficient (Wildman–Crippen LogP) is 3.00. The fourth-order valence-corrected chi connectivity index (χ4v) is 4.73. The van der Waals surface area contributed by atoms with Gasteiger partial charge in [0.05, 0.1) is 0 Å². The topological polar surface area (TPSA) is 49.4 Å². The highest BCUT2D eigenvalue weighted by Gasteiger charge is 2.26. The lowest BCUT2D eigenvalue weighted by Gasteiger charge is -2.27. The first-order valence-corrected chi connectivity index (χ1v) is 10.0. The van der Waals surface area contributed by atoms with Crippen LogP contribution in [0.4, 0.5) is 4.39 Å². The first-order valence-electron chi connectivity index (χ1n) is 7.58. The molecule has 0 radical (unpaired) electrons. The Morgan fingerprint density at radius 3 is 2.61 bits per heavy atom. The van der Waals surface area contributed by atoms with Gasteiger partial charge < -0.3 is 0 Å². The third-order valence-corrected chi connectivity index (χ3v) is 6.26. The van der Waals surface area contributed by atoms with Crippen LogP contribution < -0.4 is 4.72 Å². The zero-order valence-corrected chi connectivity index (χ0v) is 14.2. The van der Waals surface area contributed by atoms with E-state index in [1.165, 1.54) is 18.2 Å². The number of sulfonamides is 1. The zero-order chi connectivity index (χ0) is 16.3. The molecule has 1 atom stereocenters. The van der Waals surface area contributed by atoms with E-state index in [0.717, 1.165) is 37.6 Å². The fraction of sp³-hybridized carbons (Fsp3) is 0.375. The highest BCUT2D eigenvalue weighted by Crippen LogP contribution is 2.26. The Morgan fingerprint density at radius 1 is 1.22 bits per heavy atom. The molecule has 1 N–H and O–H groups in total. The van der Waals surface area contributed by atoms with Crippen molar-refractivity contribution < 1.29 is 12.8 Å². The molecular formula is C16H19FN2O2S2. The lowest BCUT2D eigenvalue weighted by Crippen LogP contribution is -2.36. The second kappa shape index (κ2) is 7.09. The second-order valence-electron chi connectivity index (χ2n) is 5.60. The Hall–Kier alpha value is -1.28. The van der Waals surface area contributed by atoms with Crippen molar-refractivity contribution in [2.24, 2.45) is 0 Å². The molecule has 124 valence electrons. The summed E-state index contributed by atoms with van der Waals surface area (Å²) >= 11 is 1.59. The minimum absolute atomic E-state index is 0.00898. The molecule has 23 heavy (non-hydrogen) atoms. The van der Waals surface area contributed by atoms with Gasteiger partial charge >= 0.3 is 0 Å². The van der Waals surface area contributed by atoms with Crippen LogP contribution in [0.3, 0.4) is 0 Å². The SMILES string of the molecule is O=S(=O)(NC[C@@H](c1ccsc1)N1CCCC1)c1ccccc1F. The van der Waals surface area contributed by atoms with Crippen LogP contribution in [0.1, 0.15) is 24.4 Å². The van der Waals surface area contributed by atoms with E-state index < -0.39 is 15.8 Å². The van der Waals surface area contributed by atoms with Gasteiger partial charge in [0.1, 0.15) is 10.7 Å². The Labute approximate surface area is 140 Å². The molecule has 3 rings (SSSR count). The van der Waals surface area contributed by atoms with Crippen LogP contribution in [0.2, 0.25) is 0 Å². The first-order chi connectivity index (χ1) is 11.1. The summed E-state index contributed by atoms with van der Waals surface area (Å²) < 4.78 is 41.1. The number of nitrogens with zero attached hydrogens (tertiary/aromatic N) is 1. The molecule has 1 aromatic heterocycles. The van der Waals surface area contributed by atoms with Crippen LogP contribution in [-0.2, 0) is 10.0 Å². The van der Waals surface area contributed by atoms with E-state index in [1.54, 1.807) is 11.3 Å². The average Bonchev–Trinajstić information content (AvgIpc) is 3.21. The van der Waals surface area contributed by atoms with Gasteiger partial charge in [0.25, 0.3) is 0 Å². The third kappa shape index (κ3) is 3.80. The number of hydrogen-bond donors (Lipinski definition) is 1. The molecule has 0 unspecified atom stereocenters. The maximum Gasteiger partial charge on any atom is 0.243 e. The number of rotatable bonds is 6. The van der Waals surface area contributed by atoms with Crippen molar-refractivity contribution in [3.8, 4) is 0 Å². The van der Waals surface area contributed by atoms with Gasteiger partial charge in [-0.15, -0.1) is 0 Å². The number of thiophene rings is 1. The van der Waals surface area contributed by atoms with Crippen LogP contribution in [0.15, 0.2) is 46.0 Å². The summed E-state index contributed by atoms with van der Waals surface area (Å²) in [6.45, 7) is 2.16. The van der Waals surface area contributed by atoms with Gasteiger partial charge in [0.2, 0.25) is 10.0 Å². The number of likely N-dealkylation sites (tertiary alicyclic amines) is 1. The minimum Gasteiger partial charge on any atom is -0.295 e. The van der Waals surface area contributed by atoms with Crippen molar-refractivity contribution in [1.82, 2.24) is 9.62 Å². The van der Waals surface area contributed by atoms with Crippen molar-refractivity contribution in [3.63, 3.8) is 0 Å². The number of hydrogen-bond acceptors (Lipinski definition) is 4. The van der Waals surface area contributed by atoms with Gasteiger partial charge in [-0.05, 0) is 60.5 Å². The number of halogens is 1. The van der Waals surface area contributed by atoms with Crippen molar-refractivity contribution >= 4 is 21.4 Å². The smallest absolute Gasteiger partial charge is 0.243 e. The van der Waals surface area contributed by atoms with E-state index in [-0.39, 0.29) is 17.5 Å². The Balaban J connectivity index is 1.77. The quantitative estimate of drug-likeness (QED) is 0.868. The third-order valence-electron chi connectivity index (χ3n) is 4.10. The molecule has 2 aromatic rings. The van der Waals surface area contributed by atoms with Gasteiger partial charge in [-0.1, -0.05) is 12.1 Å². The molecule has 0 bridgehead atoms. The first kappa shape index (κ1) is 16.6. The highest BCUT2D eigenvalue weighted by atomic mass is 32.2. The van der Waals surface area contributed by atoms with Crippen molar-refractivity contribution in [2.75, 3.05) is 19.6 Å². The summed E-state index contributed by atoms with van der Waals surface area (Å²) in [6.07, 6.45) is 2.25. The van der Waals surface area contributed by atoms with Crippen molar-refractivity contribution in [2.45, 2.75) is 23.8 Å². The molecule has 7 heteroatoms. The summed E-state index contributed by atoms with van der Waals surface area (Å²) in [6, 6.07) is 7.45. The van der Waals surface area contributed by atoms with E-state index in [9.17, 15) is 12.8 Å². The molecule has 2 heterocycles. The van der Waals surface area contributed by atoms with Gasteiger partial charge in [-0.25, -0.2) is 17.5 Å². The van der Waals surface area contributed by atoms with Crippen LogP contribution in [0.25, 0.3) is 0 Å². The standard InChI is InChI=1S/C16H19FN2O2S2/c17-14-5-1-2-6-16(14)23(20,21)18-11-15(13-7-10-22-12-13)19-8-3-4-9-19/h1-2,5-7,10,12,15,18H,3-4,8-9,11H2/t15-/m0/s1. The molecule has 1 saturated heterocycles. The second-order valence-corrected chi connectivity index (χ2v) is 8.11. The van der Waals surface area contributed by atoms with Crippen LogP contribution >= 0.6 is 11.3 Å².